The van der Waals surface area contributed by atoms with E-state index in [0.29, 0.717) is 22.6 Å². The minimum absolute atomic E-state index is 0.0651. The first-order valence-corrected chi connectivity index (χ1v) is 10.9. The van der Waals surface area contributed by atoms with Crippen LogP contribution in [0, 0.1) is 5.92 Å². The lowest BCUT2D eigenvalue weighted by atomic mass is 9.81. The topological polar surface area (TPSA) is 71.2 Å². The van der Waals surface area contributed by atoms with Crippen molar-refractivity contribution in [1.29, 1.82) is 0 Å². The highest BCUT2D eigenvalue weighted by molar-refractivity contribution is 6.09. The van der Waals surface area contributed by atoms with Gasteiger partial charge in [0.2, 0.25) is 0 Å². The number of hydrogen-bond donors (Lipinski definition) is 2. The molecule has 2 N–H and O–H groups in total. The zero-order chi connectivity index (χ0) is 21.6. The van der Waals surface area contributed by atoms with Crippen LogP contribution in [-0.2, 0) is 0 Å². The minimum Gasteiger partial charge on any atom is -0.497 e. The zero-order valence-electron chi connectivity index (χ0n) is 17.8. The van der Waals surface area contributed by atoms with Gasteiger partial charge < -0.3 is 15.0 Å². The van der Waals surface area contributed by atoms with Crippen LogP contribution in [0.4, 0.5) is 0 Å². The van der Waals surface area contributed by atoms with Crippen molar-refractivity contribution in [2.45, 2.75) is 38.1 Å². The lowest BCUT2D eigenvalue weighted by Crippen LogP contribution is -2.34. The molecule has 1 aromatic heterocycles. The van der Waals surface area contributed by atoms with Crippen molar-refractivity contribution in [2.75, 3.05) is 7.11 Å². The van der Waals surface area contributed by atoms with Crippen LogP contribution >= 0.6 is 0 Å². The lowest BCUT2D eigenvalue weighted by molar-refractivity contribution is 0.0911. The molecule has 0 spiro atoms. The van der Waals surface area contributed by atoms with Gasteiger partial charge in [0.1, 0.15) is 5.75 Å². The summed E-state index contributed by atoms with van der Waals surface area (Å²) in [5, 5.41) is 3.26. The number of ketones is 1. The molecule has 5 nitrogen and oxygen atoms in total. The van der Waals surface area contributed by atoms with Crippen molar-refractivity contribution in [3.63, 3.8) is 0 Å². The van der Waals surface area contributed by atoms with Gasteiger partial charge in [-0.2, -0.15) is 0 Å². The molecule has 1 aliphatic carbocycles. The number of methoxy groups -OCH3 is 1. The van der Waals surface area contributed by atoms with E-state index in [9.17, 15) is 9.59 Å². The summed E-state index contributed by atoms with van der Waals surface area (Å²) in [6.07, 6.45) is 9.24. The van der Waals surface area contributed by atoms with E-state index in [4.69, 9.17) is 4.74 Å². The van der Waals surface area contributed by atoms with Gasteiger partial charge >= 0.3 is 0 Å². The van der Waals surface area contributed by atoms with E-state index in [1.807, 2.05) is 18.2 Å². The van der Waals surface area contributed by atoms with Crippen LogP contribution in [-0.4, -0.2) is 23.8 Å². The Morgan fingerprint density at radius 1 is 0.968 bits per heavy atom. The predicted octanol–water partition coefficient (Wildman–Crippen LogP) is 5.31. The average molecular weight is 417 g/mol. The molecule has 0 radical (unpaired) electrons. The first-order chi connectivity index (χ1) is 15.2. The second-order valence-corrected chi connectivity index (χ2v) is 8.13. The Kier molecular flexibility index (Phi) is 6.51. The van der Waals surface area contributed by atoms with Crippen LogP contribution < -0.4 is 10.1 Å². The van der Waals surface area contributed by atoms with Crippen LogP contribution in [0.25, 0.3) is 0 Å². The Bertz CT molecular complexity index is 1020. The molecule has 1 fully saturated rings. The Morgan fingerprint density at radius 2 is 1.71 bits per heavy atom. The summed E-state index contributed by atoms with van der Waals surface area (Å²) in [7, 11) is 1.66. The standard InChI is InChI=1S/C26H28N2O3/c1-31-23-9-5-8-21(16-23)24(18-6-3-2-4-7-18)28-26(30)20-12-10-19(11-13-20)25(29)22-14-15-27-17-22/h5,8-18,24,27H,2-4,6-7H2,1H3,(H,28,30). The van der Waals surface area contributed by atoms with Crippen molar-refractivity contribution in [2.24, 2.45) is 5.92 Å². The molecule has 1 unspecified atom stereocenters. The molecule has 0 aliphatic heterocycles. The maximum atomic E-state index is 13.1. The lowest BCUT2D eigenvalue weighted by Gasteiger charge is -2.31. The van der Waals surface area contributed by atoms with Crippen LogP contribution in [0.2, 0.25) is 0 Å². The molecule has 1 aliphatic rings. The molecular formula is C26H28N2O3. The third kappa shape index (κ3) is 4.88. The third-order valence-corrected chi connectivity index (χ3v) is 6.13. The molecule has 1 amide bonds. The predicted molar refractivity (Wildman–Crippen MR) is 120 cm³/mol. The molecular weight excluding hydrogens is 388 g/mol. The number of carbonyl (C=O) groups is 2. The van der Waals surface area contributed by atoms with Crippen LogP contribution in [0.3, 0.4) is 0 Å². The number of aromatic nitrogens is 1. The molecule has 4 rings (SSSR count). The Balaban J connectivity index is 1.53. The maximum Gasteiger partial charge on any atom is 0.251 e. The SMILES string of the molecule is COc1cccc(C(NC(=O)c2ccc(C(=O)c3cc[nH]c3)cc2)C2CCCCC2)c1. The first-order valence-electron chi connectivity index (χ1n) is 10.9. The number of rotatable bonds is 7. The second kappa shape index (κ2) is 9.65. The molecule has 3 aromatic rings. The van der Waals surface area contributed by atoms with Gasteiger partial charge in [-0.05, 0) is 54.7 Å². The highest BCUT2D eigenvalue weighted by Gasteiger charge is 2.27. The summed E-state index contributed by atoms with van der Waals surface area (Å²) in [4.78, 5) is 28.5. The van der Waals surface area contributed by atoms with E-state index in [1.54, 1.807) is 49.8 Å². The van der Waals surface area contributed by atoms with Gasteiger partial charge in [0.05, 0.1) is 13.2 Å². The number of amides is 1. The van der Waals surface area contributed by atoms with E-state index in [2.05, 4.69) is 16.4 Å². The van der Waals surface area contributed by atoms with Crippen molar-refractivity contribution in [1.82, 2.24) is 10.3 Å². The van der Waals surface area contributed by atoms with E-state index in [-0.39, 0.29) is 17.7 Å². The van der Waals surface area contributed by atoms with Crippen molar-refractivity contribution >= 4 is 11.7 Å². The Morgan fingerprint density at radius 3 is 2.39 bits per heavy atom. The first kappa shape index (κ1) is 20.9. The van der Waals surface area contributed by atoms with Gasteiger partial charge in [-0.25, -0.2) is 0 Å². The van der Waals surface area contributed by atoms with Gasteiger partial charge in [-0.3, -0.25) is 9.59 Å². The number of carbonyl (C=O) groups excluding carboxylic acids is 2. The van der Waals surface area contributed by atoms with Crippen molar-refractivity contribution < 1.29 is 14.3 Å². The van der Waals surface area contributed by atoms with Crippen molar-refractivity contribution in [3.05, 3.63) is 89.2 Å². The Hall–Kier alpha value is -3.34. The van der Waals surface area contributed by atoms with E-state index >= 15 is 0 Å². The number of benzene rings is 2. The summed E-state index contributed by atoms with van der Waals surface area (Å²) in [6, 6.07) is 16.5. The molecule has 0 saturated heterocycles. The fourth-order valence-electron chi connectivity index (χ4n) is 4.41. The maximum absolute atomic E-state index is 13.1. The molecule has 2 aromatic carbocycles. The summed E-state index contributed by atoms with van der Waals surface area (Å²) < 4.78 is 5.40. The van der Waals surface area contributed by atoms with Crippen LogP contribution in [0.5, 0.6) is 5.75 Å². The number of ether oxygens (including phenoxy) is 1. The minimum atomic E-state index is -0.126. The van der Waals surface area contributed by atoms with E-state index in [1.165, 1.54) is 19.3 Å². The van der Waals surface area contributed by atoms with Gasteiger partial charge in [0.15, 0.2) is 5.78 Å². The highest BCUT2D eigenvalue weighted by Crippen LogP contribution is 2.35. The van der Waals surface area contributed by atoms with Gasteiger partial charge in [0.25, 0.3) is 5.91 Å². The number of nitrogens with one attached hydrogen (secondary N) is 2. The monoisotopic (exact) mass is 416 g/mol. The van der Waals surface area contributed by atoms with Gasteiger partial charge in [0, 0.05) is 29.1 Å². The number of hydrogen-bond acceptors (Lipinski definition) is 3. The molecule has 1 heterocycles. The normalized spacial score (nSPS) is 15.3. The summed E-state index contributed by atoms with van der Waals surface area (Å²) >= 11 is 0. The summed E-state index contributed by atoms with van der Waals surface area (Å²) in [6.45, 7) is 0. The fourth-order valence-corrected chi connectivity index (χ4v) is 4.41. The molecule has 31 heavy (non-hydrogen) atoms. The smallest absolute Gasteiger partial charge is 0.251 e. The average Bonchev–Trinajstić information content (AvgIpc) is 3.37. The summed E-state index contributed by atoms with van der Waals surface area (Å²) in [5.74, 6) is 1.00. The quantitative estimate of drug-likeness (QED) is 0.513. The van der Waals surface area contributed by atoms with Gasteiger partial charge in [-0.15, -0.1) is 0 Å². The second-order valence-electron chi connectivity index (χ2n) is 8.13. The van der Waals surface area contributed by atoms with E-state index in [0.717, 1.165) is 24.2 Å². The van der Waals surface area contributed by atoms with E-state index < -0.39 is 0 Å². The molecule has 160 valence electrons. The summed E-state index contributed by atoms with van der Waals surface area (Å²) in [5.41, 5.74) is 2.79. The number of H-pyrrole nitrogens is 1. The van der Waals surface area contributed by atoms with Crippen LogP contribution in [0.15, 0.2) is 67.0 Å². The highest BCUT2D eigenvalue weighted by atomic mass is 16.5. The molecule has 5 heteroatoms. The van der Waals surface area contributed by atoms with Crippen LogP contribution in [0.1, 0.15) is 70.0 Å². The Labute approximate surface area is 182 Å². The zero-order valence-corrected chi connectivity index (χ0v) is 17.8. The van der Waals surface area contributed by atoms with Crippen molar-refractivity contribution in [3.8, 4) is 5.75 Å². The molecule has 1 atom stereocenters. The van der Waals surface area contributed by atoms with Gasteiger partial charge in [-0.1, -0.05) is 43.5 Å². The number of aromatic amines is 1. The third-order valence-electron chi connectivity index (χ3n) is 6.13. The molecule has 0 bridgehead atoms. The fraction of sp³-hybridized carbons (Fsp3) is 0.308. The molecule has 1 saturated carbocycles. The largest absolute Gasteiger partial charge is 0.497 e.